The van der Waals surface area contributed by atoms with Gasteiger partial charge in [-0.25, -0.2) is 0 Å². The van der Waals surface area contributed by atoms with Crippen LogP contribution in [0.4, 0.5) is 0 Å². The standard InChI is InChI=1S/C16H21NO2/c1-16(2,10-18)15(17)13-5-4-12-9-14(19-3)7-6-11(12)8-13/h4-9,15,18H,10,17H2,1-3H3/t15-/m0/s1. The zero-order chi connectivity index (χ0) is 14.0. The molecule has 0 bridgehead atoms. The number of rotatable bonds is 4. The van der Waals surface area contributed by atoms with Gasteiger partial charge in [-0.1, -0.05) is 32.0 Å². The van der Waals surface area contributed by atoms with Crippen molar-refractivity contribution >= 4 is 10.8 Å². The largest absolute Gasteiger partial charge is 0.497 e. The van der Waals surface area contributed by atoms with Gasteiger partial charge in [0.15, 0.2) is 0 Å². The number of hydrogen-bond acceptors (Lipinski definition) is 3. The lowest BCUT2D eigenvalue weighted by Gasteiger charge is -2.30. The van der Waals surface area contributed by atoms with Crippen LogP contribution in [0, 0.1) is 5.41 Å². The van der Waals surface area contributed by atoms with E-state index in [0.29, 0.717) is 0 Å². The molecule has 0 aliphatic heterocycles. The van der Waals surface area contributed by atoms with E-state index in [1.54, 1.807) is 7.11 Å². The molecule has 0 aromatic heterocycles. The molecule has 0 aliphatic carbocycles. The fraction of sp³-hybridized carbons (Fsp3) is 0.375. The van der Waals surface area contributed by atoms with E-state index in [1.165, 1.54) is 0 Å². The summed E-state index contributed by atoms with van der Waals surface area (Å²) in [5.74, 6) is 0.847. The molecule has 0 radical (unpaired) electrons. The molecular weight excluding hydrogens is 238 g/mol. The first-order chi connectivity index (χ1) is 8.97. The minimum atomic E-state index is -0.333. The summed E-state index contributed by atoms with van der Waals surface area (Å²) in [5.41, 5.74) is 6.95. The molecule has 0 spiro atoms. The molecule has 0 fully saturated rings. The molecule has 1 atom stereocenters. The highest BCUT2D eigenvalue weighted by Crippen LogP contribution is 2.32. The van der Waals surface area contributed by atoms with Crippen molar-refractivity contribution in [1.29, 1.82) is 0 Å². The van der Waals surface area contributed by atoms with Crippen LogP contribution in [-0.4, -0.2) is 18.8 Å². The average molecular weight is 259 g/mol. The van der Waals surface area contributed by atoms with E-state index in [9.17, 15) is 5.11 Å². The van der Waals surface area contributed by atoms with E-state index in [-0.39, 0.29) is 18.1 Å². The molecule has 2 aromatic rings. The fourth-order valence-electron chi connectivity index (χ4n) is 2.11. The van der Waals surface area contributed by atoms with E-state index in [4.69, 9.17) is 10.5 Å². The highest BCUT2D eigenvalue weighted by molar-refractivity contribution is 5.84. The van der Waals surface area contributed by atoms with Crippen LogP contribution in [0.3, 0.4) is 0 Å². The van der Waals surface area contributed by atoms with E-state index >= 15 is 0 Å². The Labute approximate surface area is 114 Å². The second-order valence-corrected chi connectivity index (χ2v) is 5.60. The van der Waals surface area contributed by atoms with E-state index < -0.39 is 0 Å². The SMILES string of the molecule is COc1ccc2cc([C@H](N)C(C)(C)CO)ccc2c1. The first-order valence-corrected chi connectivity index (χ1v) is 6.42. The number of aliphatic hydroxyl groups is 1. The summed E-state index contributed by atoms with van der Waals surface area (Å²) in [4.78, 5) is 0. The molecule has 102 valence electrons. The van der Waals surface area contributed by atoms with Gasteiger partial charge in [0.05, 0.1) is 7.11 Å². The highest BCUT2D eigenvalue weighted by atomic mass is 16.5. The Hall–Kier alpha value is -1.58. The first-order valence-electron chi connectivity index (χ1n) is 6.42. The Morgan fingerprint density at radius 1 is 1.16 bits per heavy atom. The van der Waals surface area contributed by atoms with Crippen molar-refractivity contribution in [2.24, 2.45) is 11.1 Å². The molecule has 0 heterocycles. The second-order valence-electron chi connectivity index (χ2n) is 5.60. The Balaban J connectivity index is 2.42. The van der Waals surface area contributed by atoms with Crippen LogP contribution in [0.25, 0.3) is 10.8 Å². The summed E-state index contributed by atoms with van der Waals surface area (Å²) in [6, 6.07) is 11.9. The number of aliphatic hydroxyl groups excluding tert-OH is 1. The molecule has 0 unspecified atom stereocenters. The van der Waals surface area contributed by atoms with Crippen LogP contribution in [0.15, 0.2) is 36.4 Å². The minimum Gasteiger partial charge on any atom is -0.497 e. The fourth-order valence-corrected chi connectivity index (χ4v) is 2.11. The molecular formula is C16H21NO2. The second kappa shape index (κ2) is 5.19. The summed E-state index contributed by atoms with van der Waals surface area (Å²) in [7, 11) is 1.66. The predicted molar refractivity (Wildman–Crippen MR) is 78.3 cm³/mol. The number of nitrogens with two attached hydrogens (primary N) is 1. The maximum atomic E-state index is 9.41. The molecule has 2 rings (SSSR count). The predicted octanol–water partition coefficient (Wildman–Crippen LogP) is 2.87. The summed E-state index contributed by atoms with van der Waals surface area (Å²) in [5, 5.41) is 11.7. The Bertz CT molecular complexity index is 578. The van der Waals surface area contributed by atoms with Gasteiger partial charge < -0.3 is 15.6 Å². The molecule has 3 N–H and O–H groups in total. The normalized spacial score (nSPS) is 13.5. The molecule has 3 heteroatoms. The summed E-state index contributed by atoms with van der Waals surface area (Å²) >= 11 is 0. The lowest BCUT2D eigenvalue weighted by atomic mass is 9.81. The van der Waals surface area contributed by atoms with Gasteiger partial charge in [-0.05, 0) is 34.5 Å². The van der Waals surface area contributed by atoms with Crippen LogP contribution in [0.5, 0.6) is 5.75 Å². The lowest BCUT2D eigenvalue weighted by Crippen LogP contribution is -2.32. The van der Waals surface area contributed by atoms with Gasteiger partial charge in [0.1, 0.15) is 5.75 Å². The third-order valence-electron chi connectivity index (χ3n) is 3.68. The van der Waals surface area contributed by atoms with E-state index in [1.807, 2.05) is 44.2 Å². The molecule has 0 amide bonds. The lowest BCUT2D eigenvalue weighted by molar-refractivity contribution is 0.132. The highest BCUT2D eigenvalue weighted by Gasteiger charge is 2.26. The van der Waals surface area contributed by atoms with Gasteiger partial charge in [-0.3, -0.25) is 0 Å². The maximum absolute atomic E-state index is 9.41. The van der Waals surface area contributed by atoms with Crippen LogP contribution in [0.1, 0.15) is 25.5 Å². The topological polar surface area (TPSA) is 55.5 Å². The molecule has 2 aromatic carbocycles. The van der Waals surface area contributed by atoms with Crippen molar-refractivity contribution in [3.63, 3.8) is 0 Å². The number of ether oxygens (including phenoxy) is 1. The number of benzene rings is 2. The van der Waals surface area contributed by atoms with Gasteiger partial charge in [0.25, 0.3) is 0 Å². The van der Waals surface area contributed by atoms with Crippen LogP contribution >= 0.6 is 0 Å². The zero-order valence-electron chi connectivity index (χ0n) is 11.7. The van der Waals surface area contributed by atoms with Gasteiger partial charge in [0, 0.05) is 18.1 Å². The van der Waals surface area contributed by atoms with Gasteiger partial charge in [-0.15, -0.1) is 0 Å². The van der Waals surface area contributed by atoms with Crippen LogP contribution in [-0.2, 0) is 0 Å². The Morgan fingerprint density at radius 2 is 1.79 bits per heavy atom. The van der Waals surface area contributed by atoms with Crippen molar-refractivity contribution in [3.8, 4) is 5.75 Å². The van der Waals surface area contributed by atoms with Crippen molar-refractivity contribution in [1.82, 2.24) is 0 Å². The molecule has 0 saturated carbocycles. The van der Waals surface area contributed by atoms with Crippen LogP contribution in [0.2, 0.25) is 0 Å². The average Bonchev–Trinajstić information content (AvgIpc) is 2.45. The smallest absolute Gasteiger partial charge is 0.119 e. The Morgan fingerprint density at radius 3 is 2.42 bits per heavy atom. The van der Waals surface area contributed by atoms with E-state index in [0.717, 1.165) is 22.1 Å². The molecule has 19 heavy (non-hydrogen) atoms. The monoisotopic (exact) mass is 259 g/mol. The van der Waals surface area contributed by atoms with Crippen molar-refractivity contribution in [2.45, 2.75) is 19.9 Å². The number of fused-ring (bicyclic) bond motifs is 1. The zero-order valence-corrected chi connectivity index (χ0v) is 11.7. The first kappa shape index (κ1) is 13.8. The third kappa shape index (κ3) is 2.72. The number of hydrogen-bond donors (Lipinski definition) is 2. The van der Waals surface area contributed by atoms with Gasteiger partial charge in [0.2, 0.25) is 0 Å². The minimum absolute atomic E-state index is 0.0643. The van der Waals surface area contributed by atoms with Crippen LogP contribution < -0.4 is 10.5 Å². The van der Waals surface area contributed by atoms with Crippen molar-refractivity contribution in [2.75, 3.05) is 13.7 Å². The van der Waals surface area contributed by atoms with Gasteiger partial charge in [-0.2, -0.15) is 0 Å². The van der Waals surface area contributed by atoms with Gasteiger partial charge >= 0.3 is 0 Å². The summed E-state index contributed by atoms with van der Waals surface area (Å²) < 4.78 is 5.21. The Kier molecular flexibility index (Phi) is 3.78. The summed E-state index contributed by atoms with van der Waals surface area (Å²) in [6.45, 7) is 4.00. The van der Waals surface area contributed by atoms with E-state index in [2.05, 4.69) is 6.07 Å². The maximum Gasteiger partial charge on any atom is 0.119 e. The summed E-state index contributed by atoms with van der Waals surface area (Å²) in [6.07, 6.45) is 0. The quantitative estimate of drug-likeness (QED) is 0.887. The van der Waals surface area contributed by atoms with Crippen molar-refractivity contribution < 1.29 is 9.84 Å². The molecule has 0 saturated heterocycles. The molecule has 0 aliphatic rings. The van der Waals surface area contributed by atoms with Crippen molar-refractivity contribution in [3.05, 3.63) is 42.0 Å². The third-order valence-corrected chi connectivity index (χ3v) is 3.68. The molecule has 3 nitrogen and oxygen atoms in total. The number of methoxy groups -OCH3 is 1.